The van der Waals surface area contributed by atoms with E-state index < -0.39 is 15.8 Å². The second kappa shape index (κ2) is 8.31. The van der Waals surface area contributed by atoms with E-state index in [0.29, 0.717) is 11.5 Å². The number of nitrogens with one attached hydrogen (secondary N) is 1. The number of sulfonamides is 1. The number of hydrogen-bond donors (Lipinski definition) is 1. The molecular weight excluding hydrogens is 379 g/mol. The Bertz CT molecular complexity index is 919. The molecule has 0 saturated heterocycles. The second-order valence-corrected chi connectivity index (χ2v) is 9.15. The van der Waals surface area contributed by atoms with Gasteiger partial charge in [-0.1, -0.05) is 6.92 Å². The smallest absolute Gasteiger partial charge is 0.261 e. The van der Waals surface area contributed by atoms with Crippen molar-refractivity contribution in [2.75, 3.05) is 11.8 Å². The van der Waals surface area contributed by atoms with Gasteiger partial charge in [0.2, 0.25) is 0 Å². The van der Waals surface area contributed by atoms with Crippen molar-refractivity contribution < 1.29 is 17.6 Å². The number of nitrogens with zero attached hydrogens (tertiary/aromatic N) is 1. The van der Waals surface area contributed by atoms with Crippen LogP contribution in [0.15, 0.2) is 53.4 Å². The van der Waals surface area contributed by atoms with Crippen LogP contribution in [0.4, 0.5) is 10.1 Å². The van der Waals surface area contributed by atoms with Gasteiger partial charge in [-0.2, -0.15) is 0 Å². The van der Waals surface area contributed by atoms with Crippen molar-refractivity contribution in [1.82, 2.24) is 4.90 Å². The normalized spacial score (nSPS) is 19.8. The number of benzene rings is 2. The van der Waals surface area contributed by atoms with Gasteiger partial charge >= 0.3 is 0 Å². The molecule has 2 aromatic carbocycles. The first kappa shape index (κ1) is 20.3. The van der Waals surface area contributed by atoms with Crippen LogP contribution in [0.5, 0.6) is 0 Å². The molecule has 1 amide bonds. The Morgan fingerprint density at radius 2 is 1.57 bits per heavy atom. The largest absolute Gasteiger partial charge is 0.339 e. The molecule has 150 valence electrons. The highest BCUT2D eigenvalue weighted by Crippen LogP contribution is 2.27. The zero-order chi connectivity index (χ0) is 20.3. The van der Waals surface area contributed by atoms with Crippen LogP contribution in [0.25, 0.3) is 0 Å². The first-order chi connectivity index (χ1) is 13.3. The predicted molar refractivity (Wildman–Crippen MR) is 107 cm³/mol. The third-order valence-corrected chi connectivity index (χ3v) is 6.76. The van der Waals surface area contributed by atoms with E-state index in [2.05, 4.69) is 11.6 Å². The molecule has 0 spiro atoms. The van der Waals surface area contributed by atoms with Crippen molar-refractivity contribution in [3.63, 3.8) is 0 Å². The summed E-state index contributed by atoms with van der Waals surface area (Å²) in [5.74, 6) is 0.162. The zero-order valence-electron chi connectivity index (χ0n) is 16.1. The minimum absolute atomic E-state index is 0.0440. The maximum Gasteiger partial charge on any atom is 0.261 e. The molecule has 0 heterocycles. The minimum atomic E-state index is -3.81. The van der Waals surface area contributed by atoms with Crippen molar-refractivity contribution >= 4 is 21.6 Å². The lowest BCUT2D eigenvalue weighted by molar-refractivity contribution is 0.0679. The lowest BCUT2D eigenvalue weighted by Gasteiger charge is -2.33. The Balaban J connectivity index is 1.69. The topological polar surface area (TPSA) is 66.5 Å². The summed E-state index contributed by atoms with van der Waals surface area (Å²) in [7, 11) is -2.00. The molecule has 0 aromatic heterocycles. The number of carbonyl (C=O) groups excluding carboxylic acids is 1. The maximum absolute atomic E-state index is 13.0. The van der Waals surface area contributed by atoms with Gasteiger partial charge in [0.05, 0.1) is 4.90 Å². The van der Waals surface area contributed by atoms with Gasteiger partial charge in [-0.05, 0) is 80.1 Å². The molecule has 0 radical (unpaired) electrons. The third kappa shape index (κ3) is 4.70. The number of carbonyl (C=O) groups is 1. The molecule has 3 rings (SSSR count). The highest BCUT2D eigenvalue weighted by atomic mass is 32.2. The standard InChI is InChI=1S/C21H25FN2O3S/c1-15-3-11-19(12-4-15)24(2)21(25)16-5-13-20(14-6-16)28(26,27)23-18-9-7-17(22)8-10-18/h5-10,13-15,19,23H,3-4,11-12H2,1-2H3. The first-order valence-electron chi connectivity index (χ1n) is 9.42. The average molecular weight is 405 g/mol. The fourth-order valence-electron chi connectivity index (χ4n) is 3.51. The minimum Gasteiger partial charge on any atom is -0.339 e. The van der Waals surface area contributed by atoms with E-state index >= 15 is 0 Å². The summed E-state index contributed by atoms with van der Waals surface area (Å²) in [6.45, 7) is 2.23. The Morgan fingerprint density at radius 1 is 1.00 bits per heavy atom. The van der Waals surface area contributed by atoms with Crippen LogP contribution in [-0.4, -0.2) is 32.3 Å². The molecule has 0 atom stereocenters. The van der Waals surface area contributed by atoms with E-state index in [1.807, 2.05) is 7.05 Å². The number of rotatable bonds is 5. The van der Waals surface area contributed by atoms with Gasteiger partial charge in [0.1, 0.15) is 5.82 Å². The summed E-state index contributed by atoms with van der Waals surface area (Å²) in [5, 5.41) is 0. The predicted octanol–water partition coefficient (Wildman–Crippen LogP) is 4.28. The van der Waals surface area contributed by atoms with Gasteiger partial charge in [-0.25, -0.2) is 12.8 Å². The molecule has 2 aromatic rings. The molecule has 1 aliphatic rings. The lowest BCUT2D eigenvalue weighted by atomic mass is 9.86. The molecule has 0 bridgehead atoms. The van der Waals surface area contributed by atoms with Gasteiger partial charge in [-0.15, -0.1) is 0 Å². The average Bonchev–Trinajstić information content (AvgIpc) is 2.69. The zero-order valence-corrected chi connectivity index (χ0v) is 16.9. The van der Waals surface area contributed by atoms with E-state index in [0.717, 1.165) is 25.7 Å². The quantitative estimate of drug-likeness (QED) is 0.809. The molecular formula is C21H25FN2O3S. The highest BCUT2D eigenvalue weighted by molar-refractivity contribution is 7.92. The molecule has 1 saturated carbocycles. The lowest BCUT2D eigenvalue weighted by Crippen LogP contribution is -2.39. The van der Waals surface area contributed by atoms with Gasteiger partial charge in [-0.3, -0.25) is 9.52 Å². The van der Waals surface area contributed by atoms with E-state index in [9.17, 15) is 17.6 Å². The van der Waals surface area contributed by atoms with Crippen LogP contribution in [-0.2, 0) is 10.0 Å². The van der Waals surface area contributed by atoms with Crippen LogP contribution in [0.1, 0.15) is 43.0 Å². The first-order valence-corrected chi connectivity index (χ1v) is 10.9. The van der Waals surface area contributed by atoms with E-state index in [-0.39, 0.29) is 22.5 Å². The maximum atomic E-state index is 13.0. The van der Waals surface area contributed by atoms with Crippen molar-refractivity contribution in [2.45, 2.75) is 43.5 Å². The summed E-state index contributed by atoms with van der Waals surface area (Å²) in [6.07, 6.45) is 4.23. The van der Waals surface area contributed by atoms with Crippen LogP contribution < -0.4 is 4.72 Å². The Hall–Kier alpha value is -2.41. The monoisotopic (exact) mass is 404 g/mol. The highest BCUT2D eigenvalue weighted by Gasteiger charge is 2.25. The fourth-order valence-corrected chi connectivity index (χ4v) is 4.57. The second-order valence-electron chi connectivity index (χ2n) is 7.47. The van der Waals surface area contributed by atoms with Crippen LogP contribution in [0.2, 0.25) is 0 Å². The summed E-state index contributed by atoms with van der Waals surface area (Å²) < 4.78 is 40.3. The van der Waals surface area contributed by atoms with E-state index in [1.165, 1.54) is 48.5 Å². The summed E-state index contributed by atoms with van der Waals surface area (Å²) in [5.41, 5.74) is 0.731. The molecule has 1 N–H and O–H groups in total. The van der Waals surface area contributed by atoms with Crippen molar-refractivity contribution in [2.24, 2.45) is 5.92 Å². The number of amides is 1. The Labute approximate surface area is 165 Å². The molecule has 5 nitrogen and oxygen atoms in total. The van der Waals surface area contributed by atoms with Gasteiger partial charge in [0.15, 0.2) is 0 Å². The van der Waals surface area contributed by atoms with Gasteiger partial charge in [0.25, 0.3) is 15.9 Å². The molecule has 1 aliphatic carbocycles. The molecule has 28 heavy (non-hydrogen) atoms. The SMILES string of the molecule is CC1CCC(N(C)C(=O)c2ccc(S(=O)(=O)Nc3ccc(F)cc3)cc2)CC1. The molecule has 7 heteroatoms. The van der Waals surface area contributed by atoms with Crippen molar-refractivity contribution in [3.05, 3.63) is 59.9 Å². The molecule has 0 aliphatic heterocycles. The van der Waals surface area contributed by atoms with Crippen LogP contribution in [0, 0.1) is 11.7 Å². The summed E-state index contributed by atoms with van der Waals surface area (Å²) >= 11 is 0. The molecule has 1 fully saturated rings. The van der Waals surface area contributed by atoms with Crippen LogP contribution >= 0.6 is 0 Å². The van der Waals surface area contributed by atoms with Crippen LogP contribution in [0.3, 0.4) is 0 Å². The van der Waals surface area contributed by atoms with Gasteiger partial charge < -0.3 is 4.90 Å². The Kier molecular flexibility index (Phi) is 6.03. The van der Waals surface area contributed by atoms with Crippen molar-refractivity contribution in [1.29, 1.82) is 0 Å². The number of anilines is 1. The number of halogens is 1. The fraction of sp³-hybridized carbons (Fsp3) is 0.381. The van der Waals surface area contributed by atoms with Crippen molar-refractivity contribution in [3.8, 4) is 0 Å². The summed E-state index contributed by atoms with van der Waals surface area (Å²) in [4.78, 5) is 14.5. The van der Waals surface area contributed by atoms with E-state index in [4.69, 9.17) is 0 Å². The molecule has 0 unspecified atom stereocenters. The summed E-state index contributed by atoms with van der Waals surface area (Å²) in [6, 6.07) is 11.2. The van der Waals surface area contributed by atoms with E-state index in [1.54, 1.807) is 4.90 Å². The number of hydrogen-bond acceptors (Lipinski definition) is 3. The van der Waals surface area contributed by atoms with Gasteiger partial charge in [0, 0.05) is 24.3 Å². The third-order valence-electron chi connectivity index (χ3n) is 5.36. The Morgan fingerprint density at radius 3 is 2.14 bits per heavy atom.